The van der Waals surface area contributed by atoms with Crippen molar-refractivity contribution in [2.45, 2.75) is 32.4 Å². The van der Waals surface area contributed by atoms with Crippen molar-refractivity contribution >= 4 is 5.91 Å². The van der Waals surface area contributed by atoms with Crippen molar-refractivity contribution in [1.82, 2.24) is 5.32 Å². The number of nitrogens with two attached hydrogens (primary N) is 1. The summed E-state index contributed by atoms with van der Waals surface area (Å²) in [5.74, 6) is -0.0987. The number of hydrogen-bond acceptors (Lipinski definition) is 2. The van der Waals surface area contributed by atoms with E-state index in [2.05, 4.69) is 17.4 Å². The number of carbonyl (C=O) groups excluding carboxylic acids is 1. The van der Waals surface area contributed by atoms with Gasteiger partial charge in [0.1, 0.15) is 0 Å². The maximum Gasteiger partial charge on any atom is 0.236 e. The Labute approximate surface area is 90.7 Å². The van der Waals surface area contributed by atoms with Crippen LogP contribution in [0, 0.1) is 0 Å². The van der Waals surface area contributed by atoms with Crippen LogP contribution in [0.15, 0.2) is 30.3 Å². The Balaban J connectivity index is 2.43. The van der Waals surface area contributed by atoms with Crippen LogP contribution in [-0.4, -0.2) is 18.0 Å². The van der Waals surface area contributed by atoms with Crippen molar-refractivity contribution in [3.8, 4) is 0 Å². The van der Waals surface area contributed by atoms with Gasteiger partial charge in [0, 0.05) is 6.04 Å². The van der Waals surface area contributed by atoms with Gasteiger partial charge in [0.05, 0.1) is 6.04 Å². The summed E-state index contributed by atoms with van der Waals surface area (Å²) in [6, 6.07) is 9.75. The minimum atomic E-state index is -0.441. The maximum absolute atomic E-state index is 11.3. The van der Waals surface area contributed by atoms with Crippen LogP contribution in [0.3, 0.4) is 0 Å². The van der Waals surface area contributed by atoms with Crippen LogP contribution >= 0.6 is 0 Å². The Morgan fingerprint density at radius 1 is 1.33 bits per heavy atom. The van der Waals surface area contributed by atoms with Crippen molar-refractivity contribution in [3.63, 3.8) is 0 Å². The first kappa shape index (κ1) is 11.7. The summed E-state index contributed by atoms with van der Waals surface area (Å²) in [4.78, 5) is 11.3. The van der Waals surface area contributed by atoms with Crippen LogP contribution in [0.2, 0.25) is 0 Å². The number of hydrogen-bond donors (Lipinski definition) is 2. The molecule has 82 valence electrons. The highest BCUT2D eigenvalue weighted by molar-refractivity contribution is 5.81. The molecule has 1 aromatic carbocycles. The van der Waals surface area contributed by atoms with Crippen LogP contribution in [0.25, 0.3) is 0 Å². The Morgan fingerprint density at radius 2 is 1.93 bits per heavy atom. The number of amides is 1. The van der Waals surface area contributed by atoms with Crippen molar-refractivity contribution in [3.05, 3.63) is 35.9 Å². The summed E-state index contributed by atoms with van der Waals surface area (Å²) in [7, 11) is 0. The number of carbonyl (C=O) groups is 1. The van der Waals surface area contributed by atoms with E-state index in [9.17, 15) is 4.79 Å². The Morgan fingerprint density at radius 3 is 2.47 bits per heavy atom. The summed E-state index contributed by atoms with van der Waals surface area (Å²) in [6.45, 7) is 3.66. The second-order valence-corrected chi connectivity index (χ2v) is 3.89. The van der Waals surface area contributed by atoms with Crippen LogP contribution in [0.5, 0.6) is 0 Å². The highest BCUT2D eigenvalue weighted by Crippen LogP contribution is 2.02. The van der Waals surface area contributed by atoms with Crippen LogP contribution in [-0.2, 0) is 11.2 Å². The summed E-state index contributed by atoms with van der Waals surface area (Å²) in [5.41, 5.74) is 6.68. The van der Waals surface area contributed by atoms with E-state index in [1.54, 1.807) is 6.92 Å². The predicted molar refractivity (Wildman–Crippen MR) is 61.4 cm³/mol. The topological polar surface area (TPSA) is 55.1 Å². The molecule has 2 atom stereocenters. The number of nitrogens with one attached hydrogen (secondary N) is 1. The minimum absolute atomic E-state index is 0.0987. The van der Waals surface area contributed by atoms with Crippen LogP contribution in [0.1, 0.15) is 19.4 Å². The maximum atomic E-state index is 11.3. The Kier molecular flexibility index (Phi) is 4.31. The zero-order valence-electron chi connectivity index (χ0n) is 9.23. The van der Waals surface area contributed by atoms with Gasteiger partial charge in [-0.2, -0.15) is 0 Å². The lowest BCUT2D eigenvalue weighted by Crippen LogP contribution is -2.43. The third kappa shape index (κ3) is 4.13. The van der Waals surface area contributed by atoms with Gasteiger partial charge in [0.15, 0.2) is 0 Å². The molecule has 0 fully saturated rings. The Bertz CT molecular complexity index is 309. The van der Waals surface area contributed by atoms with Crippen LogP contribution < -0.4 is 11.1 Å². The fraction of sp³-hybridized carbons (Fsp3) is 0.417. The van der Waals surface area contributed by atoms with E-state index in [1.165, 1.54) is 5.56 Å². The van der Waals surface area contributed by atoms with E-state index in [0.29, 0.717) is 0 Å². The van der Waals surface area contributed by atoms with Gasteiger partial charge in [-0.1, -0.05) is 30.3 Å². The molecule has 1 amide bonds. The second kappa shape index (κ2) is 5.51. The van der Waals surface area contributed by atoms with Gasteiger partial charge in [-0.3, -0.25) is 4.79 Å². The zero-order valence-corrected chi connectivity index (χ0v) is 9.23. The van der Waals surface area contributed by atoms with E-state index < -0.39 is 6.04 Å². The molecule has 1 aromatic rings. The van der Waals surface area contributed by atoms with Gasteiger partial charge in [-0.15, -0.1) is 0 Å². The lowest BCUT2D eigenvalue weighted by atomic mass is 10.1. The SMILES string of the molecule is C[C@@H](Cc1ccccc1)NC(=O)[C@@H](C)N. The quantitative estimate of drug-likeness (QED) is 0.774. The Hall–Kier alpha value is -1.35. The van der Waals surface area contributed by atoms with Gasteiger partial charge in [0.25, 0.3) is 0 Å². The first-order valence-corrected chi connectivity index (χ1v) is 5.19. The average molecular weight is 206 g/mol. The second-order valence-electron chi connectivity index (χ2n) is 3.89. The monoisotopic (exact) mass is 206 g/mol. The van der Waals surface area contributed by atoms with Crippen molar-refractivity contribution in [1.29, 1.82) is 0 Å². The summed E-state index contributed by atoms with van der Waals surface area (Å²) in [5, 5.41) is 2.86. The molecule has 0 bridgehead atoms. The van der Waals surface area contributed by atoms with E-state index in [1.807, 2.05) is 25.1 Å². The van der Waals surface area contributed by atoms with Crippen molar-refractivity contribution in [2.24, 2.45) is 5.73 Å². The van der Waals surface area contributed by atoms with E-state index in [-0.39, 0.29) is 11.9 Å². The molecule has 0 aliphatic rings. The van der Waals surface area contributed by atoms with Gasteiger partial charge < -0.3 is 11.1 Å². The van der Waals surface area contributed by atoms with Crippen molar-refractivity contribution in [2.75, 3.05) is 0 Å². The third-order valence-electron chi connectivity index (χ3n) is 2.19. The molecule has 0 aromatic heterocycles. The predicted octanol–water partition coefficient (Wildman–Crippen LogP) is 1.08. The smallest absolute Gasteiger partial charge is 0.236 e. The fourth-order valence-electron chi connectivity index (χ4n) is 1.39. The molecule has 3 N–H and O–H groups in total. The van der Waals surface area contributed by atoms with Crippen molar-refractivity contribution < 1.29 is 4.79 Å². The lowest BCUT2D eigenvalue weighted by molar-refractivity contribution is -0.122. The highest BCUT2D eigenvalue weighted by Gasteiger charge is 2.10. The molecule has 0 saturated carbocycles. The van der Waals surface area contributed by atoms with E-state index in [4.69, 9.17) is 5.73 Å². The highest BCUT2D eigenvalue weighted by atomic mass is 16.2. The molecule has 0 aliphatic heterocycles. The molecule has 3 heteroatoms. The molecule has 15 heavy (non-hydrogen) atoms. The van der Waals surface area contributed by atoms with E-state index >= 15 is 0 Å². The minimum Gasteiger partial charge on any atom is -0.352 e. The first-order valence-electron chi connectivity index (χ1n) is 5.19. The first-order chi connectivity index (χ1) is 7.09. The molecular formula is C12H18N2O. The van der Waals surface area contributed by atoms with Gasteiger partial charge >= 0.3 is 0 Å². The molecular weight excluding hydrogens is 188 g/mol. The molecule has 0 saturated heterocycles. The zero-order chi connectivity index (χ0) is 11.3. The van der Waals surface area contributed by atoms with Gasteiger partial charge in [-0.05, 0) is 25.8 Å². The summed E-state index contributed by atoms with van der Waals surface area (Å²) in [6.07, 6.45) is 0.833. The molecule has 1 rings (SSSR count). The fourth-order valence-corrected chi connectivity index (χ4v) is 1.39. The summed E-state index contributed by atoms with van der Waals surface area (Å²) < 4.78 is 0. The summed E-state index contributed by atoms with van der Waals surface area (Å²) >= 11 is 0. The molecule has 0 heterocycles. The molecule has 0 spiro atoms. The van der Waals surface area contributed by atoms with Gasteiger partial charge in [-0.25, -0.2) is 0 Å². The number of rotatable bonds is 4. The molecule has 0 unspecified atom stereocenters. The lowest BCUT2D eigenvalue weighted by Gasteiger charge is -2.15. The molecule has 3 nitrogen and oxygen atoms in total. The average Bonchev–Trinajstić information content (AvgIpc) is 2.18. The van der Waals surface area contributed by atoms with Crippen LogP contribution in [0.4, 0.5) is 0 Å². The molecule has 0 aliphatic carbocycles. The third-order valence-corrected chi connectivity index (χ3v) is 2.19. The van der Waals surface area contributed by atoms with Gasteiger partial charge in [0.2, 0.25) is 5.91 Å². The van der Waals surface area contributed by atoms with E-state index in [0.717, 1.165) is 6.42 Å². The number of benzene rings is 1. The molecule has 0 radical (unpaired) electrons. The normalized spacial score (nSPS) is 14.3. The standard InChI is InChI=1S/C12H18N2O/c1-9(14-12(15)10(2)13)8-11-6-4-3-5-7-11/h3-7,9-10H,8,13H2,1-2H3,(H,14,15)/t9-,10+/m0/s1. The largest absolute Gasteiger partial charge is 0.352 e.